The molecule has 0 spiro atoms. The largest absolute Gasteiger partial charge is 0.387 e. The van der Waals surface area contributed by atoms with Crippen molar-refractivity contribution in [2.75, 3.05) is 7.11 Å². The minimum Gasteiger partial charge on any atom is -0.387 e. The molecule has 2 aliphatic rings. The summed E-state index contributed by atoms with van der Waals surface area (Å²) in [6.07, 6.45) is 1.06. The topological polar surface area (TPSA) is 38.7 Å². The molecule has 0 aromatic heterocycles. The molecular weight excluding hydrogens is 216 g/mol. The van der Waals surface area contributed by atoms with Crippen molar-refractivity contribution in [3.8, 4) is 0 Å². The second-order valence-corrected chi connectivity index (χ2v) is 6.93. The van der Waals surface area contributed by atoms with E-state index in [9.17, 15) is 0 Å². The Kier molecular flexibility index (Phi) is 2.28. The third-order valence-corrected chi connectivity index (χ3v) is 5.77. The van der Waals surface area contributed by atoms with Gasteiger partial charge >= 0.3 is 0 Å². The molecule has 3 nitrogen and oxygen atoms in total. The van der Waals surface area contributed by atoms with Gasteiger partial charge in [0, 0.05) is 12.5 Å². The van der Waals surface area contributed by atoms with Crippen molar-refractivity contribution >= 4 is 0 Å². The number of aliphatic hydroxyl groups is 1. The van der Waals surface area contributed by atoms with E-state index >= 15 is 0 Å². The zero-order valence-corrected chi connectivity index (χ0v) is 12.1. The lowest BCUT2D eigenvalue weighted by Gasteiger charge is -2.57. The minimum atomic E-state index is -0.700. The zero-order chi connectivity index (χ0) is 14.0. The van der Waals surface area contributed by atoms with Gasteiger partial charge in [-0.2, -0.15) is 0 Å². The van der Waals surface area contributed by atoms with Crippen molar-refractivity contribution in [2.24, 2.45) is 11.3 Å². The summed E-state index contributed by atoms with van der Waals surface area (Å²) in [6, 6.07) is 0. The van der Waals surface area contributed by atoms with Gasteiger partial charge in [-0.3, -0.25) is 0 Å². The van der Waals surface area contributed by atoms with E-state index in [2.05, 4.69) is 27.7 Å². The van der Waals surface area contributed by atoms with Crippen molar-refractivity contribution in [3.05, 3.63) is 0 Å². The maximum absolute atomic E-state index is 7.43. The monoisotopic (exact) mass is 244 g/mol. The Morgan fingerprint density at radius 1 is 1.41 bits per heavy atom. The Morgan fingerprint density at radius 3 is 2.47 bits per heavy atom. The molecule has 1 saturated heterocycles. The molecule has 3 heteroatoms. The second-order valence-electron chi connectivity index (χ2n) is 6.93. The van der Waals surface area contributed by atoms with E-state index in [4.69, 9.17) is 16.0 Å². The lowest BCUT2D eigenvalue weighted by atomic mass is 9.64. The van der Waals surface area contributed by atoms with Gasteiger partial charge in [0.05, 0.1) is 11.7 Å². The summed E-state index contributed by atoms with van der Waals surface area (Å²) in [5.41, 5.74) is -1.73. The average Bonchev–Trinajstić information content (AvgIpc) is 2.74. The Bertz CT molecular complexity index is 355. The Labute approximate surface area is 106 Å². The number of ether oxygens (including phenoxy) is 2. The third-order valence-electron chi connectivity index (χ3n) is 5.77. The first kappa shape index (κ1) is 11.9. The third kappa shape index (κ3) is 1.23. The van der Waals surface area contributed by atoms with Gasteiger partial charge in [-0.25, -0.2) is 0 Å². The maximum Gasteiger partial charge on any atom is 0.211 e. The fourth-order valence-corrected chi connectivity index (χ4v) is 4.34. The Morgan fingerprint density at radius 2 is 2.00 bits per heavy atom. The van der Waals surface area contributed by atoms with E-state index in [1.54, 1.807) is 7.11 Å². The normalized spacial score (nSPS) is 49.5. The fraction of sp³-hybridized carbons (Fsp3) is 1.00. The lowest BCUT2D eigenvalue weighted by Crippen LogP contribution is -2.69. The van der Waals surface area contributed by atoms with E-state index in [1.807, 2.05) is 13.8 Å². The highest BCUT2D eigenvalue weighted by Gasteiger charge is 2.76. The lowest BCUT2D eigenvalue weighted by molar-refractivity contribution is -0.294. The van der Waals surface area contributed by atoms with E-state index < -0.39 is 16.8 Å². The standard InChI is InChI=1S/C14H26O3/c1-9-10-8-14(17-9,12(4,5)15)13(6,16-7)11(10,2)3/h9-10,15H,8H2,1-7H3/t9-,10?,13-,14?/m0/s1/i15T. The van der Waals surface area contributed by atoms with E-state index in [0.717, 1.165) is 6.42 Å². The van der Waals surface area contributed by atoms with Gasteiger partial charge in [-0.15, -0.1) is 0 Å². The van der Waals surface area contributed by atoms with Crippen molar-refractivity contribution in [2.45, 2.75) is 70.9 Å². The van der Waals surface area contributed by atoms with Gasteiger partial charge in [0.25, 0.3) is 0 Å². The van der Waals surface area contributed by atoms with Gasteiger partial charge in [0.15, 0.2) is 0 Å². The van der Waals surface area contributed by atoms with Crippen LogP contribution in [0.3, 0.4) is 0 Å². The van der Waals surface area contributed by atoms with Crippen LogP contribution in [0.1, 0.15) is 48.0 Å². The Balaban J connectivity index is 2.59. The van der Waals surface area contributed by atoms with Crippen LogP contribution in [0.4, 0.5) is 0 Å². The first-order valence-electron chi connectivity index (χ1n) is 6.88. The second kappa shape index (κ2) is 3.25. The van der Waals surface area contributed by atoms with Crippen molar-refractivity contribution in [3.63, 3.8) is 0 Å². The van der Waals surface area contributed by atoms with E-state index in [0.29, 0.717) is 5.92 Å². The van der Waals surface area contributed by atoms with Crippen LogP contribution in [0.25, 0.3) is 0 Å². The molecule has 4 atom stereocenters. The minimum absolute atomic E-state index is 0.00475. The van der Waals surface area contributed by atoms with Crippen LogP contribution in [-0.2, 0) is 9.47 Å². The van der Waals surface area contributed by atoms with Gasteiger partial charge in [0.1, 0.15) is 11.2 Å². The van der Waals surface area contributed by atoms with Gasteiger partial charge in [-0.1, -0.05) is 13.8 Å². The van der Waals surface area contributed by atoms with E-state index in [1.165, 1.54) is 0 Å². The molecule has 0 radical (unpaired) electrons. The molecule has 2 fully saturated rings. The molecule has 2 unspecified atom stereocenters. The molecule has 2 rings (SSSR count). The Hall–Kier alpha value is -0.120. The molecule has 0 aromatic rings. The predicted octanol–water partition coefficient (Wildman–Crippen LogP) is 2.37. The molecule has 100 valence electrons. The number of hydrogen-bond acceptors (Lipinski definition) is 3. The average molecular weight is 244 g/mol. The highest BCUT2D eigenvalue weighted by molar-refractivity contribution is 5.26. The molecular formula is C14H26O3. The summed E-state index contributed by atoms with van der Waals surface area (Å²) < 4.78 is 19.6. The summed E-state index contributed by atoms with van der Waals surface area (Å²) in [4.78, 5) is 0. The molecule has 1 aliphatic carbocycles. The van der Waals surface area contributed by atoms with Crippen molar-refractivity contribution < 1.29 is 14.6 Å². The number of methoxy groups -OCH3 is 1. The van der Waals surface area contributed by atoms with Crippen molar-refractivity contribution in [1.82, 2.24) is 0 Å². The van der Waals surface area contributed by atoms with Gasteiger partial charge in [0.2, 0.25) is 1.43 Å². The fourth-order valence-electron chi connectivity index (χ4n) is 4.34. The predicted molar refractivity (Wildman–Crippen MR) is 66.9 cm³/mol. The smallest absolute Gasteiger partial charge is 0.211 e. The SMILES string of the molecule is [3H]OC(C)(C)C12CC([C@H](C)O1)C(C)(C)[C@]2(C)OC. The summed E-state index contributed by atoms with van der Waals surface area (Å²) in [7, 11) is 1.73. The molecule has 1 saturated carbocycles. The maximum atomic E-state index is 7.43. The highest BCUT2D eigenvalue weighted by Crippen LogP contribution is 2.67. The number of rotatable bonds is 3. The molecule has 2 bridgehead atoms. The number of fused-ring (bicyclic) bond motifs is 2. The van der Waals surface area contributed by atoms with Crippen LogP contribution >= 0.6 is 0 Å². The van der Waals surface area contributed by atoms with Crippen LogP contribution in [0.2, 0.25) is 0 Å². The number of hydrogen-bond donors (Lipinski definition) is 1. The van der Waals surface area contributed by atoms with Crippen LogP contribution in [0, 0.1) is 11.3 Å². The van der Waals surface area contributed by atoms with Crippen LogP contribution in [0.5, 0.6) is 0 Å². The molecule has 1 heterocycles. The molecule has 1 aliphatic heterocycles. The van der Waals surface area contributed by atoms with E-state index in [-0.39, 0.29) is 11.5 Å². The molecule has 0 amide bonds. The first-order valence-corrected chi connectivity index (χ1v) is 6.47. The molecule has 0 aromatic carbocycles. The molecule has 17 heavy (non-hydrogen) atoms. The summed E-state index contributed by atoms with van der Waals surface area (Å²) in [5, 5.41) is 5.03. The summed E-state index contributed by atoms with van der Waals surface area (Å²) in [6.45, 7) is 12.5. The first-order chi connectivity index (χ1) is 8.09. The van der Waals surface area contributed by atoms with Crippen LogP contribution < -0.4 is 0 Å². The van der Waals surface area contributed by atoms with Crippen LogP contribution in [-0.4, -0.2) is 36.6 Å². The van der Waals surface area contributed by atoms with Crippen LogP contribution in [0.15, 0.2) is 0 Å². The van der Waals surface area contributed by atoms with Crippen molar-refractivity contribution in [1.29, 1.82) is 1.43 Å². The summed E-state index contributed by atoms with van der Waals surface area (Å²) in [5.74, 6) is 0.428. The summed E-state index contributed by atoms with van der Waals surface area (Å²) >= 11 is 0. The van der Waals surface area contributed by atoms with Gasteiger partial charge < -0.3 is 14.6 Å². The zero-order valence-electron chi connectivity index (χ0n) is 13.1. The van der Waals surface area contributed by atoms with Gasteiger partial charge in [-0.05, 0) is 40.0 Å². The highest BCUT2D eigenvalue weighted by atomic mass is 16.6. The molecule has 1 N–H and O–H groups in total. The quantitative estimate of drug-likeness (QED) is 0.828.